The van der Waals surface area contributed by atoms with Gasteiger partial charge in [-0.2, -0.15) is 0 Å². The van der Waals surface area contributed by atoms with Crippen LogP contribution in [-0.2, 0) is 15.9 Å². The lowest BCUT2D eigenvalue weighted by atomic mass is 9.97. The number of aliphatic hydroxyl groups is 1. The monoisotopic (exact) mass is 402 g/mol. The highest BCUT2D eigenvalue weighted by atomic mass is 16.5. The number of rotatable bonds is 7. The second-order valence-electron chi connectivity index (χ2n) is 7.85. The highest BCUT2D eigenvalue weighted by Crippen LogP contribution is 2.26. The van der Waals surface area contributed by atoms with E-state index >= 15 is 0 Å². The maximum atomic E-state index is 10.3. The molecule has 0 spiro atoms. The van der Waals surface area contributed by atoms with Crippen molar-refractivity contribution in [2.24, 2.45) is 0 Å². The number of hydrogen-bond acceptors (Lipinski definition) is 7. The van der Waals surface area contributed by atoms with Crippen molar-refractivity contribution in [1.82, 2.24) is 10.5 Å². The molecular formula is C22H30N2O5. The van der Waals surface area contributed by atoms with E-state index in [0.717, 1.165) is 61.7 Å². The Morgan fingerprint density at radius 3 is 2.69 bits per heavy atom. The van der Waals surface area contributed by atoms with Crippen molar-refractivity contribution in [3.63, 3.8) is 0 Å². The number of aliphatic hydroxyl groups excluding tert-OH is 1. The number of nitrogens with one attached hydrogen (secondary N) is 1. The second kappa shape index (κ2) is 9.71. The van der Waals surface area contributed by atoms with Crippen LogP contribution in [0, 0.1) is 0 Å². The zero-order chi connectivity index (χ0) is 20.1. The van der Waals surface area contributed by atoms with Gasteiger partial charge in [-0.3, -0.25) is 0 Å². The number of benzene rings is 1. The van der Waals surface area contributed by atoms with Crippen LogP contribution >= 0.6 is 0 Å². The predicted molar refractivity (Wildman–Crippen MR) is 108 cm³/mol. The predicted octanol–water partition coefficient (Wildman–Crippen LogP) is 2.57. The van der Waals surface area contributed by atoms with Crippen LogP contribution in [0.2, 0.25) is 0 Å². The van der Waals surface area contributed by atoms with Gasteiger partial charge in [-0.05, 0) is 49.9 Å². The molecule has 3 heterocycles. The van der Waals surface area contributed by atoms with Gasteiger partial charge in [0.1, 0.15) is 5.75 Å². The number of hydrogen-bond donors (Lipinski definition) is 2. The van der Waals surface area contributed by atoms with E-state index in [1.54, 1.807) is 7.11 Å². The summed E-state index contributed by atoms with van der Waals surface area (Å²) in [6, 6.07) is 10.1. The molecule has 7 heteroatoms. The van der Waals surface area contributed by atoms with Crippen molar-refractivity contribution < 1.29 is 23.8 Å². The molecule has 0 radical (unpaired) electrons. The number of nitrogens with zero attached hydrogens (tertiary/aromatic N) is 1. The molecule has 0 amide bonds. The van der Waals surface area contributed by atoms with Crippen LogP contribution in [-0.4, -0.2) is 61.5 Å². The highest BCUT2D eigenvalue weighted by Gasteiger charge is 2.31. The van der Waals surface area contributed by atoms with E-state index in [1.807, 2.05) is 30.3 Å². The minimum Gasteiger partial charge on any atom is -0.497 e. The standard InChI is InChI=1S/C22H30N2O5/c1-26-18-4-2-15(3-5-18)21-13-17(24-29-21)12-19-6-7-20(25)22(28-19)14-23-16-8-10-27-11-9-16/h2-5,13,16,19-20,22-23,25H,6-12,14H2,1H3/t19-,20-,22+/m0/s1. The molecule has 7 nitrogen and oxygen atoms in total. The fourth-order valence-electron chi connectivity index (χ4n) is 4.00. The summed E-state index contributed by atoms with van der Waals surface area (Å²) in [5, 5.41) is 18.1. The van der Waals surface area contributed by atoms with Gasteiger partial charge < -0.3 is 29.2 Å². The SMILES string of the molecule is COc1ccc(-c2cc(C[C@@H]3CC[C@H](O)[C@@H](CNC4CCOCC4)O3)no2)cc1. The van der Waals surface area contributed by atoms with Crippen molar-refractivity contribution in [3.8, 4) is 17.1 Å². The number of aromatic nitrogens is 1. The fourth-order valence-corrected chi connectivity index (χ4v) is 4.00. The Hall–Kier alpha value is -1.93. The smallest absolute Gasteiger partial charge is 0.167 e. The van der Waals surface area contributed by atoms with Gasteiger partial charge >= 0.3 is 0 Å². The van der Waals surface area contributed by atoms with Crippen molar-refractivity contribution in [1.29, 1.82) is 0 Å². The van der Waals surface area contributed by atoms with Crippen LogP contribution in [0.4, 0.5) is 0 Å². The lowest BCUT2D eigenvalue weighted by Gasteiger charge is -2.35. The molecule has 2 saturated heterocycles. The van der Waals surface area contributed by atoms with Gasteiger partial charge in [0, 0.05) is 43.9 Å². The Balaban J connectivity index is 1.31. The summed E-state index contributed by atoms with van der Waals surface area (Å²) in [6.45, 7) is 2.27. The van der Waals surface area contributed by atoms with Gasteiger partial charge in [-0.15, -0.1) is 0 Å². The molecular weight excluding hydrogens is 372 g/mol. The molecule has 1 aromatic heterocycles. The zero-order valence-corrected chi connectivity index (χ0v) is 16.9. The minimum atomic E-state index is -0.425. The molecule has 3 atom stereocenters. The van der Waals surface area contributed by atoms with Gasteiger partial charge in [0.15, 0.2) is 5.76 Å². The molecule has 2 aliphatic rings. The quantitative estimate of drug-likeness (QED) is 0.736. The molecule has 1 aromatic carbocycles. The maximum Gasteiger partial charge on any atom is 0.167 e. The average molecular weight is 402 g/mol. The van der Waals surface area contributed by atoms with E-state index in [9.17, 15) is 5.11 Å². The molecule has 158 valence electrons. The summed E-state index contributed by atoms with van der Waals surface area (Å²) in [4.78, 5) is 0. The summed E-state index contributed by atoms with van der Waals surface area (Å²) in [7, 11) is 1.65. The molecule has 2 aliphatic heterocycles. The van der Waals surface area contributed by atoms with E-state index in [2.05, 4.69) is 10.5 Å². The molecule has 0 unspecified atom stereocenters. The summed E-state index contributed by atoms with van der Waals surface area (Å²) in [5.41, 5.74) is 1.83. The lowest BCUT2D eigenvalue weighted by molar-refractivity contribution is -0.116. The van der Waals surface area contributed by atoms with Gasteiger partial charge in [-0.1, -0.05) is 5.16 Å². The maximum absolute atomic E-state index is 10.3. The van der Waals surface area contributed by atoms with Crippen molar-refractivity contribution in [2.75, 3.05) is 26.9 Å². The Morgan fingerprint density at radius 1 is 1.14 bits per heavy atom. The fraction of sp³-hybridized carbons (Fsp3) is 0.591. The summed E-state index contributed by atoms with van der Waals surface area (Å²) in [6.07, 6.45) is 3.69. The molecule has 29 heavy (non-hydrogen) atoms. The summed E-state index contributed by atoms with van der Waals surface area (Å²) < 4.78 is 22.3. The first-order valence-corrected chi connectivity index (χ1v) is 10.5. The van der Waals surface area contributed by atoms with Gasteiger partial charge in [-0.25, -0.2) is 0 Å². The molecule has 0 aliphatic carbocycles. The average Bonchev–Trinajstić information content (AvgIpc) is 3.23. The van der Waals surface area contributed by atoms with Gasteiger partial charge in [0.2, 0.25) is 0 Å². The largest absolute Gasteiger partial charge is 0.497 e. The molecule has 2 fully saturated rings. The topological polar surface area (TPSA) is 86.0 Å². The van der Waals surface area contributed by atoms with E-state index in [-0.39, 0.29) is 12.2 Å². The molecule has 0 bridgehead atoms. The molecule has 0 saturated carbocycles. The first-order valence-electron chi connectivity index (χ1n) is 10.5. The van der Waals surface area contributed by atoms with Crippen LogP contribution in [0.15, 0.2) is 34.9 Å². The van der Waals surface area contributed by atoms with E-state index in [0.29, 0.717) is 19.0 Å². The van der Waals surface area contributed by atoms with Crippen molar-refractivity contribution >= 4 is 0 Å². The van der Waals surface area contributed by atoms with Crippen LogP contribution in [0.25, 0.3) is 11.3 Å². The minimum absolute atomic E-state index is 0.0358. The number of ether oxygens (including phenoxy) is 3. The molecule has 2 N–H and O–H groups in total. The second-order valence-corrected chi connectivity index (χ2v) is 7.85. The lowest BCUT2D eigenvalue weighted by Crippen LogP contribution is -2.48. The summed E-state index contributed by atoms with van der Waals surface area (Å²) in [5.74, 6) is 1.54. The van der Waals surface area contributed by atoms with Crippen LogP contribution in [0.5, 0.6) is 5.75 Å². The highest BCUT2D eigenvalue weighted by molar-refractivity contribution is 5.58. The molecule has 4 rings (SSSR count). The van der Waals surface area contributed by atoms with Crippen LogP contribution in [0.1, 0.15) is 31.4 Å². The van der Waals surface area contributed by atoms with Crippen LogP contribution < -0.4 is 10.1 Å². The first-order chi connectivity index (χ1) is 14.2. The van der Waals surface area contributed by atoms with E-state index in [4.69, 9.17) is 18.7 Å². The van der Waals surface area contributed by atoms with E-state index < -0.39 is 6.10 Å². The Bertz CT molecular complexity index is 757. The third-order valence-electron chi connectivity index (χ3n) is 5.78. The summed E-state index contributed by atoms with van der Waals surface area (Å²) >= 11 is 0. The van der Waals surface area contributed by atoms with E-state index in [1.165, 1.54) is 0 Å². The zero-order valence-electron chi connectivity index (χ0n) is 16.9. The molecule has 2 aromatic rings. The first kappa shape index (κ1) is 20.3. The normalized spacial score (nSPS) is 25.8. The van der Waals surface area contributed by atoms with Crippen molar-refractivity contribution in [3.05, 3.63) is 36.0 Å². The Morgan fingerprint density at radius 2 is 1.93 bits per heavy atom. The van der Waals surface area contributed by atoms with Gasteiger partial charge in [0.05, 0.1) is 31.1 Å². The third kappa shape index (κ3) is 5.36. The Labute approximate surface area is 171 Å². The van der Waals surface area contributed by atoms with Crippen molar-refractivity contribution in [2.45, 2.75) is 56.5 Å². The Kier molecular flexibility index (Phi) is 6.82. The van der Waals surface area contributed by atoms with Gasteiger partial charge in [0.25, 0.3) is 0 Å². The number of methoxy groups -OCH3 is 1. The van der Waals surface area contributed by atoms with Crippen LogP contribution in [0.3, 0.4) is 0 Å². The third-order valence-corrected chi connectivity index (χ3v) is 5.78.